The number of nitrogens with zero attached hydrogens (tertiary/aromatic N) is 5. The van der Waals surface area contributed by atoms with Crippen LogP contribution in [0, 0.1) is 28.8 Å². The second-order valence-corrected chi connectivity index (χ2v) is 10.1. The number of rotatable bonds is 6. The van der Waals surface area contributed by atoms with E-state index in [9.17, 15) is 18.8 Å². The Morgan fingerprint density at radius 3 is 2.51 bits per heavy atom. The van der Waals surface area contributed by atoms with Gasteiger partial charge in [-0.2, -0.15) is 9.65 Å². The first-order chi connectivity index (χ1) is 18.8. The molecule has 8 nitrogen and oxygen atoms in total. The number of benzene rings is 1. The summed E-state index contributed by atoms with van der Waals surface area (Å²) in [4.78, 5) is 20.7. The lowest BCUT2D eigenvalue weighted by molar-refractivity contribution is -0.0847. The first-order valence-electron chi connectivity index (χ1n) is 13.0. The van der Waals surface area contributed by atoms with Crippen molar-refractivity contribution in [2.45, 2.75) is 43.9 Å². The molecule has 1 atom stereocenters. The van der Waals surface area contributed by atoms with Crippen LogP contribution in [0.25, 0.3) is 11.0 Å². The number of pyridine rings is 2. The molecule has 1 unspecified atom stereocenters. The van der Waals surface area contributed by atoms with Crippen molar-refractivity contribution in [1.29, 1.82) is 5.26 Å². The van der Waals surface area contributed by atoms with E-state index in [0.717, 1.165) is 6.07 Å². The molecule has 0 radical (unpaired) electrons. The molecular weight excluding hydrogens is 511 g/mol. The molecular formula is C28H30F3N5O3. The second kappa shape index (κ2) is 11.2. The van der Waals surface area contributed by atoms with Gasteiger partial charge in [-0.25, -0.2) is 13.8 Å². The van der Waals surface area contributed by atoms with Gasteiger partial charge in [-0.3, -0.25) is 4.79 Å². The molecule has 0 N–H and O–H groups in total. The van der Waals surface area contributed by atoms with E-state index in [1.165, 1.54) is 29.8 Å². The average molecular weight is 542 g/mol. The molecule has 0 spiro atoms. The summed E-state index contributed by atoms with van der Waals surface area (Å²) in [5, 5.41) is 9.34. The van der Waals surface area contributed by atoms with E-state index in [0.29, 0.717) is 63.3 Å². The van der Waals surface area contributed by atoms with Crippen molar-refractivity contribution in [3.8, 4) is 6.07 Å². The number of aryl methyl sites for hydroxylation is 1. The van der Waals surface area contributed by atoms with Crippen molar-refractivity contribution in [3.05, 3.63) is 63.8 Å². The highest BCUT2D eigenvalue weighted by Crippen LogP contribution is 2.35. The fourth-order valence-electron chi connectivity index (χ4n) is 5.70. The van der Waals surface area contributed by atoms with E-state index >= 15 is 4.39 Å². The molecule has 5 rings (SSSR count). The summed E-state index contributed by atoms with van der Waals surface area (Å²) in [7, 11) is 3.20. The summed E-state index contributed by atoms with van der Waals surface area (Å²) in [6.45, 7) is 1.75. The first kappa shape index (κ1) is 27.0. The fraction of sp³-hybridized carbons (Fsp3) is 0.464. The van der Waals surface area contributed by atoms with Gasteiger partial charge in [-0.05, 0) is 49.9 Å². The Morgan fingerprint density at radius 2 is 1.85 bits per heavy atom. The highest BCUT2D eigenvalue weighted by Gasteiger charge is 2.33. The van der Waals surface area contributed by atoms with Gasteiger partial charge in [-0.15, -0.1) is 0 Å². The summed E-state index contributed by atoms with van der Waals surface area (Å²) >= 11 is 0. The zero-order chi connectivity index (χ0) is 27.7. The molecule has 3 heterocycles. The number of ether oxygens (including phenoxy) is 2. The van der Waals surface area contributed by atoms with Gasteiger partial charge < -0.3 is 23.8 Å². The predicted molar refractivity (Wildman–Crippen MR) is 140 cm³/mol. The van der Waals surface area contributed by atoms with Crippen LogP contribution < -0.4 is 15.4 Å². The zero-order valence-corrected chi connectivity index (χ0v) is 21.9. The quantitative estimate of drug-likeness (QED) is 0.468. The SMILES string of the molecule is CN(c1c(F)c(=O)n(C)c2ccc(C#N)nc12)C1CCC(N(CC2COCCO2)c2ccc(F)cc2F)CC1. The van der Waals surface area contributed by atoms with Crippen LogP contribution in [0.1, 0.15) is 31.4 Å². The Balaban J connectivity index is 1.40. The minimum absolute atomic E-state index is 0.0614. The molecule has 2 aromatic heterocycles. The van der Waals surface area contributed by atoms with Crippen LogP contribution in [0.4, 0.5) is 24.5 Å². The first-order valence-corrected chi connectivity index (χ1v) is 13.0. The molecule has 1 aliphatic carbocycles. The highest BCUT2D eigenvalue weighted by molar-refractivity contribution is 5.89. The van der Waals surface area contributed by atoms with Gasteiger partial charge in [0, 0.05) is 38.8 Å². The van der Waals surface area contributed by atoms with Gasteiger partial charge >= 0.3 is 0 Å². The van der Waals surface area contributed by atoms with Crippen LogP contribution in [0.2, 0.25) is 0 Å². The highest BCUT2D eigenvalue weighted by atomic mass is 19.1. The van der Waals surface area contributed by atoms with Gasteiger partial charge in [0.15, 0.2) is 0 Å². The third-order valence-corrected chi connectivity index (χ3v) is 7.79. The number of nitriles is 1. The average Bonchev–Trinajstić information content (AvgIpc) is 2.95. The molecule has 1 aliphatic heterocycles. The van der Waals surface area contributed by atoms with Crippen LogP contribution in [0.5, 0.6) is 0 Å². The maximum absolute atomic E-state index is 15.4. The molecule has 39 heavy (non-hydrogen) atoms. The maximum Gasteiger partial charge on any atom is 0.289 e. The van der Waals surface area contributed by atoms with Crippen molar-refractivity contribution in [2.24, 2.45) is 7.05 Å². The summed E-state index contributed by atoms with van der Waals surface area (Å²) in [6.07, 6.45) is 2.33. The molecule has 11 heteroatoms. The van der Waals surface area contributed by atoms with Crippen LogP contribution in [0.3, 0.4) is 0 Å². The fourth-order valence-corrected chi connectivity index (χ4v) is 5.70. The van der Waals surface area contributed by atoms with Crippen LogP contribution in [-0.4, -0.2) is 61.2 Å². The molecule has 1 saturated carbocycles. The standard InChI is InChI=1S/C28H30F3N5O3/c1-34(27-25(31)28(37)35(2)24-10-4-18(14-32)33-26(24)27)19-5-7-20(8-6-19)36(15-21-16-38-11-12-39-21)23-9-3-17(29)13-22(23)30/h3-4,9-10,13,19-21H,5-8,11-12,15-16H2,1-2H3. The molecule has 0 amide bonds. The molecule has 3 aromatic rings. The third kappa shape index (κ3) is 5.31. The van der Waals surface area contributed by atoms with Crippen molar-refractivity contribution in [1.82, 2.24) is 9.55 Å². The van der Waals surface area contributed by atoms with Gasteiger partial charge in [0.2, 0.25) is 5.82 Å². The largest absolute Gasteiger partial charge is 0.376 e. The monoisotopic (exact) mass is 541 g/mol. The van der Waals surface area contributed by atoms with Crippen LogP contribution in [0.15, 0.2) is 35.1 Å². The number of hydrogen-bond acceptors (Lipinski definition) is 7. The van der Waals surface area contributed by atoms with Gasteiger partial charge in [-0.1, -0.05) is 0 Å². The van der Waals surface area contributed by atoms with Gasteiger partial charge in [0.05, 0.1) is 37.1 Å². The van der Waals surface area contributed by atoms with E-state index in [4.69, 9.17) is 9.47 Å². The normalized spacial score (nSPS) is 21.5. The number of aromatic nitrogens is 2. The Bertz CT molecular complexity index is 1460. The molecule has 0 bridgehead atoms. The third-order valence-electron chi connectivity index (χ3n) is 7.79. The number of halogens is 3. The predicted octanol–water partition coefficient (Wildman–Crippen LogP) is 3.89. The van der Waals surface area contributed by atoms with E-state index in [1.807, 2.05) is 11.0 Å². The topological polar surface area (TPSA) is 83.6 Å². The Kier molecular flexibility index (Phi) is 7.77. The zero-order valence-electron chi connectivity index (χ0n) is 21.9. The second-order valence-electron chi connectivity index (χ2n) is 10.1. The minimum atomic E-state index is -0.915. The van der Waals surface area contributed by atoms with E-state index < -0.39 is 23.0 Å². The Labute approximate surface area is 224 Å². The molecule has 1 saturated heterocycles. The van der Waals surface area contributed by atoms with Crippen molar-refractivity contribution < 1.29 is 22.6 Å². The Hall–Kier alpha value is -3.62. The van der Waals surface area contributed by atoms with E-state index in [-0.39, 0.29) is 35.1 Å². The number of fused-ring (bicyclic) bond motifs is 1. The van der Waals surface area contributed by atoms with Crippen LogP contribution in [-0.2, 0) is 16.5 Å². The smallest absolute Gasteiger partial charge is 0.289 e. The summed E-state index contributed by atoms with van der Waals surface area (Å²) in [6, 6.07) is 8.47. The summed E-state index contributed by atoms with van der Waals surface area (Å²) < 4.78 is 56.5. The lowest BCUT2D eigenvalue weighted by Gasteiger charge is -2.42. The molecule has 2 fully saturated rings. The van der Waals surface area contributed by atoms with E-state index in [2.05, 4.69) is 4.98 Å². The van der Waals surface area contributed by atoms with Crippen molar-refractivity contribution in [3.63, 3.8) is 0 Å². The molecule has 206 valence electrons. The molecule has 2 aliphatic rings. The summed E-state index contributed by atoms with van der Waals surface area (Å²) in [5.74, 6) is -2.20. The van der Waals surface area contributed by atoms with Crippen molar-refractivity contribution in [2.75, 3.05) is 43.2 Å². The van der Waals surface area contributed by atoms with Crippen molar-refractivity contribution >= 4 is 22.4 Å². The minimum Gasteiger partial charge on any atom is -0.376 e. The Morgan fingerprint density at radius 1 is 1.10 bits per heavy atom. The van der Waals surface area contributed by atoms with Crippen LogP contribution >= 0.6 is 0 Å². The lowest BCUT2D eigenvalue weighted by Crippen LogP contribution is -2.48. The maximum atomic E-state index is 15.4. The molecule has 1 aromatic carbocycles. The van der Waals surface area contributed by atoms with Gasteiger partial charge in [0.1, 0.15) is 34.6 Å². The van der Waals surface area contributed by atoms with E-state index in [1.54, 1.807) is 18.0 Å². The number of hydrogen-bond donors (Lipinski definition) is 0. The van der Waals surface area contributed by atoms with Gasteiger partial charge in [0.25, 0.3) is 5.56 Å². The number of anilines is 2. The summed E-state index contributed by atoms with van der Waals surface area (Å²) in [5.41, 5.74) is 0.426. The lowest BCUT2D eigenvalue weighted by atomic mass is 9.88.